The normalized spacial score (nSPS) is 10.1. The van der Waals surface area contributed by atoms with Crippen LogP contribution in [0.3, 0.4) is 0 Å². The topological polar surface area (TPSA) is 54.5 Å². The molecule has 0 atom stereocenters. The fourth-order valence-corrected chi connectivity index (χ4v) is 2.19. The number of pyridine rings is 1. The third kappa shape index (κ3) is 2.03. The Kier molecular flexibility index (Phi) is 3.13. The molecule has 0 aliphatic heterocycles. The van der Waals surface area contributed by atoms with Crippen molar-refractivity contribution in [3.05, 3.63) is 35.2 Å². The molecule has 80 valence electrons. The molecule has 0 N–H and O–H groups in total. The summed E-state index contributed by atoms with van der Waals surface area (Å²) >= 11 is 7.37. The van der Waals surface area contributed by atoms with Gasteiger partial charge in [0.05, 0.1) is 10.6 Å². The van der Waals surface area contributed by atoms with E-state index in [0.717, 1.165) is 5.16 Å². The zero-order valence-corrected chi connectivity index (χ0v) is 9.96. The van der Waals surface area contributed by atoms with Crippen molar-refractivity contribution in [2.45, 2.75) is 10.2 Å². The van der Waals surface area contributed by atoms with E-state index in [1.165, 1.54) is 11.8 Å². The Morgan fingerprint density at radius 2 is 2.25 bits per heavy atom. The lowest BCUT2D eigenvalue weighted by atomic mass is 10.3. The highest BCUT2D eigenvalue weighted by Crippen LogP contribution is 2.31. The Hall–Kier alpha value is -1.51. The lowest BCUT2D eigenvalue weighted by Crippen LogP contribution is -1.91. The summed E-state index contributed by atoms with van der Waals surface area (Å²) in [5, 5.41) is 10.6. The monoisotopic (exact) mass is 250 g/mol. The molecule has 0 aliphatic carbocycles. The number of hydrogen-bond donors (Lipinski definition) is 0. The number of nitrogens with zero attached hydrogens (tertiary/aromatic N) is 4. The van der Waals surface area contributed by atoms with Crippen molar-refractivity contribution in [1.82, 2.24) is 14.5 Å². The van der Waals surface area contributed by atoms with E-state index in [1.54, 1.807) is 18.5 Å². The second-order valence-corrected chi connectivity index (χ2v) is 4.35. The van der Waals surface area contributed by atoms with Crippen LogP contribution in [0.5, 0.6) is 0 Å². The number of rotatable bonds is 2. The SMILES string of the molecule is Cn1ccnc1Sc1nccc(C#N)c1Cl. The van der Waals surface area contributed by atoms with E-state index in [0.29, 0.717) is 15.6 Å². The number of nitriles is 1. The Labute approximate surface area is 102 Å². The highest BCUT2D eigenvalue weighted by Gasteiger charge is 2.10. The van der Waals surface area contributed by atoms with Gasteiger partial charge in [-0.05, 0) is 17.8 Å². The average Bonchev–Trinajstić information content (AvgIpc) is 2.68. The van der Waals surface area contributed by atoms with Crippen molar-refractivity contribution in [1.29, 1.82) is 5.26 Å². The molecule has 0 fully saturated rings. The third-order valence-corrected chi connectivity index (χ3v) is 3.52. The van der Waals surface area contributed by atoms with Crippen LogP contribution in [0.25, 0.3) is 0 Å². The zero-order valence-electron chi connectivity index (χ0n) is 8.38. The fraction of sp³-hybridized carbons (Fsp3) is 0.100. The number of hydrogen-bond acceptors (Lipinski definition) is 4. The van der Waals surface area contributed by atoms with Gasteiger partial charge >= 0.3 is 0 Å². The summed E-state index contributed by atoms with van der Waals surface area (Å²) in [6, 6.07) is 3.61. The minimum Gasteiger partial charge on any atom is -0.329 e. The summed E-state index contributed by atoms with van der Waals surface area (Å²) in [6.45, 7) is 0. The van der Waals surface area contributed by atoms with Crippen LogP contribution in [0.15, 0.2) is 34.8 Å². The Bertz CT molecular complexity index is 558. The van der Waals surface area contributed by atoms with Crippen LogP contribution in [-0.2, 0) is 7.05 Å². The molecular formula is C10H7ClN4S. The first-order valence-electron chi connectivity index (χ1n) is 4.42. The molecule has 2 aromatic heterocycles. The second kappa shape index (κ2) is 4.56. The molecule has 2 aromatic rings. The van der Waals surface area contributed by atoms with Crippen LogP contribution >= 0.6 is 23.4 Å². The predicted molar refractivity (Wildman–Crippen MR) is 61.3 cm³/mol. The predicted octanol–water partition coefficient (Wildman–Crippen LogP) is 2.49. The first kappa shape index (κ1) is 11.0. The number of halogens is 1. The number of aromatic nitrogens is 3. The van der Waals surface area contributed by atoms with Gasteiger partial charge < -0.3 is 4.57 Å². The van der Waals surface area contributed by atoms with E-state index in [2.05, 4.69) is 9.97 Å². The summed E-state index contributed by atoms with van der Waals surface area (Å²) in [5.74, 6) is 0. The van der Waals surface area contributed by atoms with Gasteiger partial charge in [0, 0.05) is 25.6 Å². The molecule has 0 radical (unpaired) electrons. The zero-order chi connectivity index (χ0) is 11.5. The van der Waals surface area contributed by atoms with Crippen LogP contribution in [0.1, 0.15) is 5.56 Å². The molecular weight excluding hydrogens is 244 g/mol. The number of aryl methyl sites for hydroxylation is 1. The molecule has 0 saturated heterocycles. The molecule has 2 rings (SSSR count). The summed E-state index contributed by atoms with van der Waals surface area (Å²) in [6.07, 6.45) is 5.10. The molecule has 2 heterocycles. The molecule has 16 heavy (non-hydrogen) atoms. The summed E-state index contributed by atoms with van der Waals surface area (Å²) in [7, 11) is 1.89. The van der Waals surface area contributed by atoms with Crippen LogP contribution in [0, 0.1) is 11.3 Å². The first-order chi connectivity index (χ1) is 7.72. The smallest absolute Gasteiger partial charge is 0.174 e. The van der Waals surface area contributed by atoms with Crippen LogP contribution in [0.4, 0.5) is 0 Å². The van der Waals surface area contributed by atoms with Crippen molar-refractivity contribution in [2.75, 3.05) is 0 Å². The van der Waals surface area contributed by atoms with Gasteiger partial charge in [0.25, 0.3) is 0 Å². The van der Waals surface area contributed by atoms with Crippen LogP contribution in [0.2, 0.25) is 5.02 Å². The van der Waals surface area contributed by atoms with Gasteiger partial charge in [0.2, 0.25) is 0 Å². The van der Waals surface area contributed by atoms with Crippen molar-refractivity contribution >= 4 is 23.4 Å². The molecule has 6 heteroatoms. The van der Waals surface area contributed by atoms with Crippen LogP contribution in [-0.4, -0.2) is 14.5 Å². The van der Waals surface area contributed by atoms with Gasteiger partial charge in [0.1, 0.15) is 11.1 Å². The van der Waals surface area contributed by atoms with Crippen molar-refractivity contribution in [3.8, 4) is 6.07 Å². The lowest BCUT2D eigenvalue weighted by molar-refractivity contribution is 0.788. The maximum absolute atomic E-state index is 8.83. The van der Waals surface area contributed by atoms with Gasteiger partial charge in [-0.1, -0.05) is 11.6 Å². The van der Waals surface area contributed by atoms with Crippen molar-refractivity contribution < 1.29 is 0 Å². The summed E-state index contributed by atoms with van der Waals surface area (Å²) in [4.78, 5) is 8.28. The van der Waals surface area contributed by atoms with E-state index in [9.17, 15) is 0 Å². The first-order valence-corrected chi connectivity index (χ1v) is 5.61. The van der Waals surface area contributed by atoms with E-state index in [1.807, 2.05) is 23.9 Å². The quantitative estimate of drug-likeness (QED) is 0.822. The van der Waals surface area contributed by atoms with Gasteiger partial charge in [0.15, 0.2) is 5.16 Å². The van der Waals surface area contributed by atoms with E-state index in [-0.39, 0.29) is 0 Å². The summed E-state index contributed by atoms with van der Waals surface area (Å²) < 4.78 is 1.86. The molecule has 0 spiro atoms. The molecule has 0 unspecified atom stereocenters. The largest absolute Gasteiger partial charge is 0.329 e. The molecule has 4 nitrogen and oxygen atoms in total. The minimum atomic E-state index is 0.373. The van der Waals surface area contributed by atoms with Crippen molar-refractivity contribution in [2.24, 2.45) is 7.05 Å². The molecule has 0 saturated carbocycles. The Morgan fingerprint density at radius 1 is 1.44 bits per heavy atom. The number of imidazole rings is 1. The highest BCUT2D eigenvalue weighted by molar-refractivity contribution is 7.99. The van der Waals surface area contributed by atoms with Gasteiger partial charge in [-0.2, -0.15) is 5.26 Å². The Morgan fingerprint density at radius 3 is 2.88 bits per heavy atom. The molecule has 0 amide bonds. The second-order valence-electron chi connectivity index (χ2n) is 3.01. The maximum Gasteiger partial charge on any atom is 0.174 e. The third-order valence-electron chi connectivity index (χ3n) is 1.94. The maximum atomic E-state index is 8.83. The minimum absolute atomic E-state index is 0.373. The standard InChI is InChI=1S/C10H7ClN4S/c1-15-5-4-14-10(15)16-9-8(11)7(6-12)2-3-13-9/h2-5H,1H3. The van der Waals surface area contributed by atoms with E-state index in [4.69, 9.17) is 16.9 Å². The summed E-state index contributed by atoms with van der Waals surface area (Å²) in [5.41, 5.74) is 0.424. The highest BCUT2D eigenvalue weighted by atomic mass is 35.5. The fourth-order valence-electron chi connectivity index (χ4n) is 1.12. The molecule has 0 aromatic carbocycles. The van der Waals surface area contributed by atoms with Gasteiger partial charge in [-0.15, -0.1) is 0 Å². The average molecular weight is 251 g/mol. The van der Waals surface area contributed by atoms with E-state index >= 15 is 0 Å². The Balaban J connectivity index is 2.36. The molecule has 0 bridgehead atoms. The van der Waals surface area contributed by atoms with Gasteiger partial charge in [-0.25, -0.2) is 9.97 Å². The van der Waals surface area contributed by atoms with E-state index < -0.39 is 0 Å². The lowest BCUT2D eigenvalue weighted by Gasteiger charge is -2.03. The molecule has 0 aliphatic rings. The van der Waals surface area contributed by atoms with Crippen LogP contribution < -0.4 is 0 Å². The van der Waals surface area contributed by atoms with Crippen molar-refractivity contribution in [3.63, 3.8) is 0 Å². The van der Waals surface area contributed by atoms with Gasteiger partial charge in [-0.3, -0.25) is 0 Å².